The summed E-state index contributed by atoms with van der Waals surface area (Å²) >= 11 is 7.29. The van der Waals surface area contributed by atoms with E-state index in [-0.39, 0.29) is 5.28 Å². The fourth-order valence-corrected chi connectivity index (χ4v) is 1.87. The highest BCUT2D eigenvalue weighted by molar-refractivity contribution is 7.99. The number of methoxy groups -OCH3 is 1. The van der Waals surface area contributed by atoms with Gasteiger partial charge in [-0.15, -0.1) is 0 Å². The fraction of sp³-hybridized carbons (Fsp3) is 0.667. The molecule has 0 aliphatic rings. The zero-order valence-corrected chi connectivity index (χ0v) is 10.9. The van der Waals surface area contributed by atoms with Crippen molar-refractivity contribution < 1.29 is 4.74 Å². The minimum atomic E-state index is 0.216. The van der Waals surface area contributed by atoms with Crippen LogP contribution in [-0.2, 0) is 4.74 Å². The number of ether oxygens (including phenoxy) is 1. The van der Waals surface area contributed by atoms with Crippen molar-refractivity contribution in [3.63, 3.8) is 0 Å². The van der Waals surface area contributed by atoms with Gasteiger partial charge in [-0.05, 0) is 18.0 Å². The Bertz CT molecular complexity index is 326. The van der Waals surface area contributed by atoms with Gasteiger partial charge in [-0.2, -0.15) is 15.0 Å². The molecule has 0 aliphatic heterocycles. The Kier molecular flexibility index (Phi) is 6.44. The highest BCUT2D eigenvalue weighted by Gasteiger charge is 2.04. The van der Waals surface area contributed by atoms with Crippen LogP contribution in [0, 0.1) is 0 Å². The van der Waals surface area contributed by atoms with Crippen LogP contribution < -0.4 is 5.32 Å². The molecule has 1 heterocycles. The summed E-state index contributed by atoms with van der Waals surface area (Å²) in [6.07, 6.45) is 1.01. The van der Waals surface area contributed by atoms with Crippen LogP contribution in [0.3, 0.4) is 0 Å². The Morgan fingerprint density at radius 1 is 1.38 bits per heavy atom. The van der Waals surface area contributed by atoms with Gasteiger partial charge in [0.15, 0.2) is 5.16 Å². The number of hydrogen-bond donors (Lipinski definition) is 1. The third-order valence-corrected chi connectivity index (χ3v) is 2.62. The van der Waals surface area contributed by atoms with E-state index in [0.717, 1.165) is 18.7 Å². The Labute approximate surface area is 104 Å². The molecule has 7 heteroatoms. The average molecular weight is 263 g/mol. The largest absolute Gasteiger partial charge is 0.384 e. The Hall–Kier alpha value is -0.590. The highest BCUT2D eigenvalue weighted by atomic mass is 35.5. The summed E-state index contributed by atoms with van der Waals surface area (Å²) in [7, 11) is 1.66. The molecule has 16 heavy (non-hydrogen) atoms. The zero-order chi connectivity index (χ0) is 11.8. The van der Waals surface area contributed by atoms with Gasteiger partial charge in [0.05, 0.1) is 6.61 Å². The SMILES string of the molecule is CCCNc1nc(Cl)nc(SCCOC)n1. The lowest BCUT2D eigenvalue weighted by molar-refractivity contribution is 0.218. The van der Waals surface area contributed by atoms with E-state index in [0.29, 0.717) is 17.7 Å². The molecule has 0 spiro atoms. The number of aromatic nitrogens is 3. The molecule has 1 rings (SSSR count). The molecule has 1 aromatic heterocycles. The van der Waals surface area contributed by atoms with Gasteiger partial charge >= 0.3 is 0 Å². The van der Waals surface area contributed by atoms with Crippen molar-refractivity contribution in [3.05, 3.63) is 5.28 Å². The molecular formula is C9H15ClN4OS. The van der Waals surface area contributed by atoms with Gasteiger partial charge in [-0.25, -0.2) is 0 Å². The third-order valence-electron chi connectivity index (χ3n) is 1.64. The van der Waals surface area contributed by atoms with Crippen LogP contribution in [0.1, 0.15) is 13.3 Å². The molecule has 0 aliphatic carbocycles. The predicted octanol–water partition coefficient (Wildman–Crippen LogP) is 2.09. The van der Waals surface area contributed by atoms with Gasteiger partial charge in [-0.3, -0.25) is 0 Å². The first-order chi connectivity index (χ1) is 7.76. The monoisotopic (exact) mass is 262 g/mol. The predicted molar refractivity (Wildman–Crippen MR) is 66.2 cm³/mol. The Balaban J connectivity index is 2.58. The maximum atomic E-state index is 5.79. The summed E-state index contributed by atoms with van der Waals surface area (Å²) in [5, 5.41) is 3.91. The van der Waals surface area contributed by atoms with Crippen LogP contribution in [0.2, 0.25) is 5.28 Å². The molecule has 0 unspecified atom stereocenters. The smallest absolute Gasteiger partial charge is 0.228 e. The van der Waals surface area contributed by atoms with Gasteiger partial charge in [0.1, 0.15) is 0 Å². The first kappa shape index (κ1) is 13.5. The highest BCUT2D eigenvalue weighted by Crippen LogP contribution is 2.16. The molecule has 0 amide bonds. The van der Waals surface area contributed by atoms with E-state index in [4.69, 9.17) is 16.3 Å². The Morgan fingerprint density at radius 2 is 2.19 bits per heavy atom. The van der Waals surface area contributed by atoms with E-state index in [1.165, 1.54) is 11.8 Å². The van der Waals surface area contributed by atoms with E-state index >= 15 is 0 Å². The molecule has 0 aromatic carbocycles. The summed E-state index contributed by atoms with van der Waals surface area (Å²) in [6.45, 7) is 3.55. The number of nitrogens with one attached hydrogen (secondary N) is 1. The van der Waals surface area contributed by atoms with Crippen molar-refractivity contribution >= 4 is 29.3 Å². The molecule has 1 N–H and O–H groups in total. The number of thioether (sulfide) groups is 1. The molecule has 0 saturated carbocycles. The second-order valence-corrected chi connectivity index (χ2v) is 4.38. The van der Waals surface area contributed by atoms with E-state index in [1.807, 2.05) is 0 Å². The molecular weight excluding hydrogens is 248 g/mol. The third kappa shape index (κ3) is 4.96. The maximum Gasteiger partial charge on any atom is 0.228 e. The van der Waals surface area contributed by atoms with Crippen LogP contribution in [0.25, 0.3) is 0 Å². The number of hydrogen-bond acceptors (Lipinski definition) is 6. The number of rotatable bonds is 7. The molecule has 0 bridgehead atoms. The summed E-state index contributed by atoms with van der Waals surface area (Å²) in [4.78, 5) is 12.2. The zero-order valence-electron chi connectivity index (χ0n) is 9.36. The molecule has 1 aromatic rings. The van der Waals surface area contributed by atoms with Crippen molar-refractivity contribution in [2.24, 2.45) is 0 Å². The van der Waals surface area contributed by atoms with Gasteiger partial charge in [0, 0.05) is 19.4 Å². The molecule has 0 fully saturated rings. The van der Waals surface area contributed by atoms with Crippen molar-refractivity contribution in [2.45, 2.75) is 18.5 Å². The van der Waals surface area contributed by atoms with Gasteiger partial charge in [-0.1, -0.05) is 18.7 Å². The molecule has 0 saturated heterocycles. The minimum absolute atomic E-state index is 0.216. The summed E-state index contributed by atoms with van der Waals surface area (Å²) < 4.78 is 4.95. The first-order valence-electron chi connectivity index (χ1n) is 5.03. The quantitative estimate of drug-likeness (QED) is 0.600. The van der Waals surface area contributed by atoms with E-state index in [1.54, 1.807) is 7.11 Å². The maximum absolute atomic E-state index is 5.79. The molecule has 0 atom stereocenters. The van der Waals surface area contributed by atoms with Crippen molar-refractivity contribution in [2.75, 3.05) is 31.3 Å². The summed E-state index contributed by atoms with van der Waals surface area (Å²) in [5.41, 5.74) is 0. The fourth-order valence-electron chi connectivity index (χ4n) is 0.929. The standard InChI is InChI=1S/C9H15ClN4OS/c1-3-4-11-8-12-7(10)13-9(14-8)16-6-5-15-2/h3-6H2,1-2H3,(H,11,12,13,14). The van der Waals surface area contributed by atoms with Crippen molar-refractivity contribution in [1.29, 1.82) is 0 Å². The van der Waals surface area contributed by atoms with Crippen LogP contribution in [0.4, 0.5) is 5.95 Å². The minimum Gasteiger partial charge on any atom is -0.384 e. The van der Waals surface area contributed by atoms with Crippen LogP contribution >= 0.6 is 23.4 Å². The number of halogens is 1. The first-order valence-corrected chi connectivity index (χ1v) is 6.39. The van der Waals surface area contributed by atoms with Crippen LogP contribution in [0.5, 0.6) is 0 Å². The van der Waals surface area contributed by atoms with E-state index in [2.05, 4.69) is 27.2 Å². The average Bonchev–Trinajstić information content (AvgIpc) is 2.26. The van der Waals surface area contributed by atoms with E-state index in [9.17, 15) is 0 Å². The molecule has 5 nitrogen and oxygen atoms in total. The lowest BCUT2D eigenvalue weighted by Gasteiger charge is -2.05. The van der Waals surface area contributed by atoms with Gasteiger partial charge in [0.2, 0.25) is 11.2 Å². The Morgan fingerprint density at radius 3 is 2.88 bits per heavy atom. The number of nitrogens with zero attached hydrogens (tertiary/aromatic N) is 3. The second kappa shape index (κ2) is 7.65. The van der Waals surface area contributed by atoms with Crippen molar-refractivity contribution in [1.82, 2.24) is 15.0 Å². The lowest BCUT2D eigenvalue weighted by atomic mass is 10.5. The van der Waals surface area contributed by atoms with Crippen LogP contribution in [0.15, 0.2) is 5.16 Å². The molecule has 0 radical (unpaired) electrons. The van der Waals surface area contributed by atoms with Crippen molar-refractivity contribution in [3.8, 4) is 0 Å². The van der Waals surface area contributed by atoms with E-state index < -0.39 is 0 Å². The van der Waals surface area contributed by atoms with Crippen LogP contribution in [-0.4, -0.2) is 41.0 Å². The summed E-state index contributed by atoms with van der Waals surface area (Å²) in [6, 6.07) is 0. The number of anilines is 1. The van der Waals surface area contributed by atoms with Gasteiger partial charge in [0.25, 0.3) is 0 Å². The topological polar surface area (TPSA) is 59.9 Å². The van der Waals surface area contributed by atoms with Gasteiger partial charge < -0.3 is 10.1 Å². The normalized spacial score (nSPS) is 10.4. The summed E-state index contributed by atoms with van der Waals surface area (Å²) in [5.74, 6) is 1.33. The second-order valence-electron chi connectivity index (χ2n) is 2.98. The molecule has 90 valence electrons. The lowest BCUT2D eigenvalue weighted by Crippen LogP contribution is -2.06.